The maximum absolute atomic E-state index is 12.5. The molecule has 0 spiro atoms. The quantitative estimate of drug-likeness (QED) is 0.650. The molecule has 8 heteroatoms. The van der Waals surface area contributed by atoms with Gasteiger partial charge in [-0.25, -0.2) is 18.2 Å². The minimum Gasteiger partial charge on any atom is -0.461 e. The number of benzene rings is 2. The maximum Gasteiger partial charge on any atom is 0.358 e. The minimum absolute atomic E-state index is 0.0915. The predicted octanol–water partition coefficient (Wildman–Crippen LogP) is 3.79. The van der Waals surface area contributed by atoms with Crippen LogP contribution in [0.4, 0.5) is 5.13 Å². The van der Waals surface area contributed by atoms with E-state index >= 15 is 0 Å². The van der Waals surface area contributed by atoms with Crippen molar-refractivity contribution in [3.63, 3.8) is 0 Å². The van der Waals surface area contributed by atoms with Crippen molar-refractivity contribution >= 4 is 32.5 Å². The van der Waals surface area contributed by atoms with E-state index in [1.54, 1.807) is 25.1 Å². The van der Waals surface area contributed by atoms with Gasteiger partial charge in [0, 0.05) is 0 Å². The number of carbonyl (C=O) groups excluding carboxylic acids is 1. The first kappa shape index (κ1) is 18.1. The Bertz CT molecular complexity index is 1000. The summed E-state index contributed by atoms with van der Waals surface area (Å²) in [5.41, 5.74) is 0.854. The first-order chi connectivity index (χ1) is 12.5. The van der Waals surface area contributed by atoms with Crippen LogP contribution in [0.5, 0.6) is 0 Å². The van der Waals surface area contributed by atoms with E-state index in [1.807, 2.05) is 30.3 Å². The van der Waals surface area contributed by atoms with Gasteiger partial charge in [-0.2, -0.15) is 0 Å². The molecule has 0 aliphatic carbocycles. The molecule has 26 heavy (non-hydrogen) atoms. The summed E-state index contributed by atoms with van der Waals surface area (Å²) in [7, 11) is -3.79. The van der Waals surface area contributed by atoms with Gasteiger partial charge in [0.1, 0.15) is 0 Å². The Morgan fingerprint density at radius 1 is 1.08 bits per heavy atom. The summed E-state index contributed by atoms with van der Waals surface area (Å²) < 4.78 is 32.5. The van der Waals surface area contributed by atoms with Gasteiger partial charge in [-0.05, 0) is 24.6 Å². The lowest BCUT2D eigenvalue weighted by Gasteiger charge is -2.04. The summed E-state index contributed by atoms with van der Waals surface area (Å²) in [5.74, 6) is -0.590. The molecule has 0 amide bonds. The largest absolute Gasteiger partial charge is 0.461 e. The maximum atomic E-state index is 12.5. The number of anilines is 1. The van der Waals surface area contributed by atoms with Crippen molar-refractivity contribution in [1.82, 2.24) is 4.98 Å². The average molecular weight is 388 g/mol. The monoisotopic (exact) mass is 388 g/mol. The summed E-state index contributed by atoms with van der Waals surface area (Å²) in [6.45, 7) is 1.90. The number of nitrogens with one attached hydrogen (secondary N) is 1. The first-order valence-corrected chi connectivity index (χ1v) is 10.1. The number of hydrogen-bond acceptors (Lipinski definition) is 6. The number of ether oxygens (including phenoxy) is 1. The summed E-state index contributed by atoms with van der Waals surface area (Å²) in [6.07, 6.45) is 0. The lowest BCUT2D eigenvalue weighted by molar-refractivity contribution is 0.0521. The Morgan fingerprint density at radius 2 is 1.69 bits per heavy atom. The Morgan fingerprint density at radius 3 is 2.31 bits per heavy atom. The number of aromatic nitrogens is 1. The highest BCUT2D eigenvalue weighted by Crippen LogP contribution is 2.34. The van der Waals surface area contributed by atoms with E-state index < -0.39 is 16.0 Å². The van der Waals surface area contributed by atoms with Crippen LogP contribution in [0.3, 0.4) is 0 Å². The van der Waals surface area contributed by atoms with Crippen molar-refractivity contribution < 1.29 is 17.9 Å². The van der Waals surface area contributed by atoms with Crippen LogP contribution in [0.15, 0.2) is 65.6 Å². The number of carbonyl (C=O) groups is 1. The zero-order valence-corrected chi connectivity index (χ0v) is 15.5. The molecule has 1 N–H and O–H groups in total. The highest BCUT2D eigenvalue weighted by atomic mass is 32.2. The molecule has 0 saturated carbocycles. The third-order valence-electron chi connectivity index (χ3n) is 3.41. The van der Waals surface area contributed by atoms with Gasteiger partial charge in [0.25, 0.3) is 10.0 Å². The molecule has 0 atom stereocenters. The number of thiazole rings is 1. The third kappa shape index (κ3) is 3.92. The highest BCUT2D eigenvalue weighted by Gasteiger charge is 2.23. The summed E-state index contributed by atoms with van der Waals surface area (Å²) in [6, 6.07) is 17.1. The van der Waals surface area contributed by atoms with Gasteiger partial charge in [0.15, 0.2) is 10.8 Å². The molecule has 6 nitrogen and oxygen atoms in total. The van der Waals surface area contributed by atoms with E-state index in [2.05, 4.69) is 9.71 Å². The molecule has 3 aromatic rings. The van der Waals surface area contributed by atoms with Crippen molar-refractivity contribution in [3.8, 4) is 10.4 Å². The van der Waals surface area contributed by atoms with Crippen molar-refractivity contribution in [2.45, 2.75) is 11.8 Å². The molecule has 1 aromatic heterocycles. The molecule has 0 saturated heterocycles. The van der Waals surface area contributed by atoms with Crippen LogP contribution in [0.25, 0.3) is 10.4 Å². The molecule has 134 valence electrons. The van der Waals surface area contributed by atoms with Gasteiger partial charge in [-0.3, -0.25) is 4.72 Å². The second-order valence-electron chi connectivity index (χ2n) is 5.20. The number of hydrogen-bond donors (Lipinski definition) is 1. The van der Waals surface area contributed by atoms with E-state index in [-0.39, 0.29) is 22.3 Å². The molecular weight excluding hydrogens is 372 g/mol. The number of sulfonamides is 1. The highest BCUT2D eigenvalue weighted by molar-refractivity contribution is 7.93. The van der Waals surface area contributed by atoms with Gasteiger partial charge >= 0.3 is 5.97 Å². The molecule has 1 heterocycles. The molecule has 2 aromatic carbocycles. The van der Waals surface area contributed by atoms with Gasteiger partial charge < -0.3 is 4.74 Å². The van der Waals surface area contributed by atoms with E-state index in [1.165, 1.54) is 12.1 Å². The number of nitrogens with zero attached hydrogens (tertiary/aromatic N) is 1. The number of esters is 1. The molecular formula is C18H16N2O4S2. The van der Waals surface area contributed by atoms with Gasteiger partial charge in [-0.15, -0.1) is 0 Å². The smallest absolute Gasteiger partial charge is 0.358 e. The van der Waals surface area contributed by atoms with Crippen molar-refractivity contribution in [2.75, 3.05) is 11.3 Å². The fourth-order valence-electron chi connectivity index (χ4n) is 2.26. The summed E-state index contributed by atoms with van der Waals surface area (Å²) >= 11 is 1.09. The SMILES string of the molecule is CCOC(=O)c1nc(NS(=O)(=O)c2ccccc2)sc1-c1ccccc1. The Balaban J connectivity index is 2.00. The molecule has 0 radical (unpaired) electrons. The van der Waals surface area contributed by atoms with Crippen molar-refractivity contribution in [2.24, 2.45) is 0 Å². The molecule has 0 aliphatic heterocycles. The lowest BCUT2D eigenvalue weighted by Crippen LogP contribution is -2.13. The lowest BCUT2D eigenvalue weighted by atomic mass is 10.1. The van der Waals surface area contributed by atoms with E-state index in [9.17, 15) is 13.2 Å². The molecule has 0 fully saturated rings. The van der Waals surface area contributed by atoms with Crippen LogP contribution in [-0.2, 0) is 14.8 Å². The minimum atomic E-state index is -3.79. The Hall–Kier alpha value is -2.71. The zero-order valence-electron chi connectivity index (χ0n) is 13.9. The van der Waals surface area contributed by atoms with Crippen molar-refractivity contribution in [1.29, 1.82) is 0 Å². The fourth-order valence-corrected chi connectivity index (χ4v) is 4.47. The topological polar surface area (TPSA) is 85.4 Å². The second kappa shape index (κ2) is 7.67. The van der Waals surface area contributed by atoms with E-state index in [4.69, 9.17) is 4.74 Å². The molecule has 0 aliphatic rings. The normalized spacial score (nSPS) is 11.1. The second-order valence-corrected chi connectivity index (χ2v) is 7.88. The molecule has 0 bridgehead atoms. The van der Waals surface area contributed by atoms with E-state index in [0.29, 0.717) is 4.88 Å². The van der Waals surface area contributed by atoms with E-state index in [0.717, 1.165) is 16.9 Å². The standard InChI is InChI=1S/C18H16N2O4S2/c1-2-24-17(21)15-16(13-9-5-3-6-10-13)25-18(19-15)20-26(22,23)14-11-7-4-8-12-14/h3-12H,2H2,1H3,(H,19,20). The van der Waals surface area contributed by atoms with Gasteiger partial charge in [-0.1, -0.05) is 59.9 Å². The van der Waals surface area contributed by atoms with Gasteiger partial charge in [0.2, 0.25) is 0 Å². The summed E-state index contributed by atoms with van der Waals surface area (Å²) in [4.78, 5) is 17.1. The van der Waals surface area contributed by atoms with Crippen LogP contribution in [-0.4, -0.2) is 26.0 Å². The van der Waals surface area contributed by atoms with Crippen LogP contribution in [0, 0.1) is 0 Å². The van der Waals surface area contributed by atoms with Crippen LogP contribution in [0.1, 0.15) is 17.4 Å². The molecule has 3 rings (SSSR count). The summed E-state index contributed by atoms with van der Waals surface area (Å²) in [5, 5.41) is 0.107. The number of rotatable bonds is 6. The Labute approximate surface area is 155 Å². The van der Waals surface area contributed by atoms with Crippen LogP contribution in [0.2, 0.25) is 0 Å². The van der Waals surface area contributed by atoms with Crippen molar-refractivity contribution in [3.05, 3.63) is 66.4 Å². The van der Waals surface area contributed by atoms with Crippen LogP contribution >= 0.6 is 11.3 Å². The third-order valence-corrected chi connectivity index (χ3v) is 5.91. The predicted molar refractivity (Wildman–Crippen MR) is 101 cm³/mol. The zero-order chi connectivity index (χ0) is 18.6. The average Bonchev–Trinajstić information content (AvgIpc) is 3.07. The Kier molecular flexibility index (Phi) is 5.34. The van der Waals surface area contributed by atoms with Gasteiger partial charge in [0.05, 0.1) is 16.4 Å². The van der Waals surface area contributed by atoms with Crippen LogP contribution < -0.4 is 4.72 Å². The first-order valence-electron chi connectivity index (χ1n) is 7.82. The molecule has 0 unspecified atom stereocenters. The fraction of sp³-hybridized carbons (Fsp3) is 0.111.